The summed E-state index contributed by atoms with van der Waals surface area (Å²) in [4.78, 5) is 111. The fraction of sp³-hybridized carbons (Fsp3) is 0.548. The lowest BCUT2D eigenvalue weighted by Gasteiger charge is -2.38. The van der Waals surface area contributed by atoms with Crippen molar-refractivity contribution in [2.75, 3.05) is 88.3 Å². The van der Waals surface area contributed by atoms with E-state index in [1.165, 1.54) is 17.7 Å². The third-order valence-corrected chi connectivity index (χ3v) is 16.6. The van der Waals surface area contributed by atoms with E-state index in [4.69, 9.17) is 41.3 Å². The lowest BCUT2D eigenvalue weighted by molar-refractivity contribution is -0.0275. The summed E-state index contributed by atoms with van der Waals surface area (Å²) in [6.07, 6.45) is 16.5. The number of nitrogen functional groups attached to an aromatic ring is 1. The monoisotopic (exact) mass is 1240 g/mol. The zero-order valence-electron chi connectivity index (χ0n) is 52.5. The summed E-state index contributed by atoms with van der Waals surface area (Å²) in [6, 6.07) is 11.2. The first-order chi connectivity index (χ1) is 42.2. The Labute approximate surface area is 522 Å². The lowest BCUT2D eigenvalue weighted by Crippen LogP contribution is -2.53. The van der Waals surface area contributed by atoms with Crippen molar-refractivity contribution >= 4 is 98.8 Å². The van der Waals surface area contributed by atoms with Crippen LogP contribution in [0.5, 0.6) is 0 Å². The van der Waals surface area contributed by atoms with E-state index in [0.29, 0.717) is 104 Å². The standard InChI is InChI=1S/C31H40N8O5.C17H24N4O4.C14H17ClN4O/c1-30(2,3)43-28(41)37-14-8-13-31(18-37)19-38(29(42)44-31)22-11-12-24(32-17-22)34-27-33-16-20-15-23(26(40)36(4)5)39(25(20)35-27)21-9-6-7-10-21;1-16(2,3)24-14(22)20-8-4-7-17(10-20)11-21(15(23)25-17)12-5-6-13(18)19-9-12;1-18(2)13(20)11-7-9-8-16-14(15)17-12(9)19(11)10-5-3-4-6-10/h11-12,15-17,21H,6-10,13-14,18-19H2,1-5H3,(H,32,33,34,35);5-6,9H,4,7-8,10-11H2,1-3H3,(H2,18,19);7-8,10H,3-6H2,1-2H3/t31-;17-;/m00./s1. The van der Waals surface area contributed by atoms with E-state index in [9.17, 15) is 28.8 Å². The molecule has 89 heavy (non-hydrogen) atoms. The largest absolute Gasteiger partial charge is 0.444 e. The van der Waals surface area contributed by atoms with E-state index >= 15 is 0 Å². The highest BCUT2D eigenvalue weighted by Crippen LogP contribution is 2.40. The number of nitrogens with zero attached hydrogens (tertiary/aromatic N) is 14. The number of anilines is 5. The Morgan fingerprint density at radius 1 is 0.607 bits per heavy atom. The molecule has 3 N–H and O–H groups in total. The third kappa shape index (κ3) is 14.5. The van der Waals surface area contributed by atoms with Gasteiger partial charge in [-0.25, -0.2) is 39.1 Å². The highest BCUT2D eigenvalue weighted by atomic mass is 35.5. The summed E-state index contributed by atoms with van der Waals surface area (Å²) >= 11 is 5.92. The topological polar surface area (TPSA) is 284 Å². The minimum atomic E-state index is -0.798. The average Bonchev–Trinajstić information content (AvgIpc) is 1.80. The van der Waals surface area contributed by atoms with Crippen molar-refractivity contribution in [1.82, 2.24) is 58.6 Å². The highest BCUT2D eigenvalue weighted by Gasteiger charge is 2.51. The first-order valence-corrected chi connectivity index (χ1v) is 30.8. The van der Waals surface area contributed by atoms with E-state index in [1.54, 1.807) is 102 Å². The number of fused-ring (bicyclic) bond motifs is 2. The van der Waals surface area contributed by atoms with E-state index in [2.05, 4.69) is 39.4 Å². The molecular weight excluding hydrogens is 1160 g/mol. The zero-order valence-corrected chi connectivity index (χ0v) is 53.2. The van der Waals surface area contributed by atoms with Crippen molar-refractivity contribution in [3.05, 3.63) is 77.9 Å². The number of hydrogen-bond donors (Lipinski definition) is 2. The van der Waals surface area contributed by atoms with Crippen LogP contribution in [0, 0.1) is 0 Å². The normalized spacial score (nSPS) is 20.5. The Balaban J connectivity index is 0.000000163. The van der Waals surface area contributed by atoms with Gasteiger partial charge in [0.15, 0.2) is 0 Å². The van der Waals surface area contributed by atoms with Gasteiger partial charge in [0.25, 0.3) is 11.8 Å². The predicted octanol–water partition coefficient (Wildman–Crippen LogP) is 10.4. The highest BCUT2D eigenvalue weighted by molar-refractivity contribution is 6.28. The molecule has 12 rings (SSSR count). The number of piperidine rings is 2. The van der Waals surface area contributed by atoms with Crippen LogP contribution in [-0.2, 0) is 18.9 Å². The summed E-state index contributed by atoms with van der Waals surface area (Å²) in [5.41, 5.74) is 6.91. The van der Waals surface area contributed by atoms with E-state index in [0.717, 1.165) is 61.4 Å². The van der Waals surface area contributed by atoms with Gasteiger partial charge >= 0.3 is 24.4 Å². The smallest absolute Gasteiger partial charge is 0.415 e. The van der Waals surface area contributed by atoms with Crippen LogP contribution < -0.4 is 20.9 Å². The summed E-state index contributed by atoms with van der Waals surface area (Å²) in [7, 11) is 7.03. The molecule has 6 amide bonds. The second-order valence-corrected chi connectivity index (χ2v) is 26.6. The van der Waals surface area contributed by atoms with Crippen molar-refractivity contribution in [2.45, 2.75) is 153 Å². The molecule has 6 fully saturated rings. The van der Waals surface area contributed by atoms with Crippen molar-refractivity contribution < 1.29 is 47.7 Å². The number of pyridine rings is 2. The molecule has 6 aromatic heterocycles. The van der Waals surface area contributed by atoms with Crippen molar-refractivity contribution in [2.24, 2.45) is 0 Å². The minimum Gasteiger partial charge on any atom is -0.444 e. The molecule has 2 spiro atoms. The molecule has 26 nitrogen and oxygen atoms in total. The Morgan fingerprint density at radius 2 is 1.06 bits per heavy atom. The van der Waals surface area contributed by atoms with Crippen LogP contribution in [0.3, 0.4) is 0 Å². The molecule has 0 unspecified atom stereocenters. The van der Waals surface area contributed by atoms with E-state index < -0.39 is 40.7 Å². The average molecular weight is 1250 g/mol. The third-order valence-electron chi connectivity index (χ3n) is 16.5. The van der Waals surface area contributed by atoms with Gasteiger partial charge in [-0.1, -0.05) is 25.7 Å². The number of nitrogens with one attached hydrogen (secondary N) is 1. The van der Waals surface area contributed by atoms with Gasteiger partial charge in [-0.05, 0) is 141 Å². The molecule has 6 aromatic rings. The van der Waals surface area contributed by atoms with Gasteiger partial charge in [-0.3, -0.25) is 19.4 Å². The Morgan fingerprint density at radius 3 is 1.48 bits per heavy atom. The summed E-state index contributed by atoms with van der Waals surface area (Å²) < 4.78 is 26.6. The lowest BCUT2D eigenvalue weighted by atomic mass is 9.93. The molecule has 0 bridgehead atoms. The molecule has 10 heterocycles. The summed E-state index contributed by atoms with van der Waals surface area (Å²) in [5.74, 6) is 1.19. The SMILES string of the molecule is CC(C)(C)OC(=O)N1CCC[C@]2(C1)CN(c1ccc(N)nc1)C(=O)O2.CN(C)C(=O)c1cc2cnc(Cl)nc2n1C1CCCC1.CN(C)C(=O)c1cc2cnc(Nc3ccc(N4C[C@@]5(CCCN(C(=O)OC(C)(C)C)C5)OC4=O)cn3)nc2n1C1CCCC1. The molecule has 2 aliphatic carbocycles. The predicted molar refractivity (Wildman–Crippen MR) is 334 cm³/mol. The van der Waals surface area contributed by atoms with E-state index in [1.807, 2.05) is 53.7 Å². The van der Waals surface area contributed by atoms with Crippen molar-refractivity contribution in [3.8, 4) is 0 Å². The van der Waals surface area contributed by atoms with Gasteiger partial charge in [-0.2, -0.15) is 9.97 Å². The van der Waals surface area contributed by atoms with Crippen LogP contribution >= 0.6 is 11.6 Å². The number of aromatic nitrogens is 8. The molecule has 476 valence electrons. The molecule has 27 heteroatoms. The molecule has 6 aliphatic rings. The fourth-order valence-corrected chi connectivity index (χ4v) is 12.6. The van der Waals surface area contributed by atoms with Gasteiger partial charge in [-0.15, -0.1) is 0 Å². The van der Waals surface area contributed by atoms with Crippen LogP contribution in [-0.4, -0.2) is 185 Å². The van der Waals surface area contributed by atoms with Crippen LogP contribution in [0.25, 0.3) is 22.1 Å². The van der Waals surface area contributed by atoms with Crippen LogP contribution in [0.2, 0.25) is 5.28 Å². The van der Waals surface area contributed by atoms with Gasteiger partial charge in [0.1, 0.15) is 56.7 Å². The quantitative estimate of drug-likeness (QED) is 0.106. The van der Waals surface area contributed by atoms with Crippen molar-refractivity contribution in [1.29, 1.82) is 0 Å². The Bertz CT molecular complexity index is 3610. The Kier molecular flexibility index (Phi) is 18.2. The molecular formula is C62H81ClN16O10. The van der Waals surface area contributed by atoms with Gasteiger partial charge in [0, 0.05) is 76.5 Å². The fourth-order valence-electron chi connectivity index (χ4n) is 12.4. The first kappa shape index (κ1) is 63.5. The van der Waals surface area contributed by atoms with Crippen molar-refractivity contribution in [3.63, 3.8) is 0 Å². The molecule has 2 atom stereocenters. The zero-order chi connectivity index (χ0) is 63.7. The summed E-state index contributed by atoms with van der Waals surface area (Å²) in [5, 5.41) is 5.06. The molecule has 4 saturated heterocycles. The van der Waals surface area contributed by atoms with Gasteiger partial charge in [0.2, 0.25) is 11.2 Å². The maximum Gasteiger partial charge on any atom is 0.415 e. The maximum atomic E-state index is 13.0. The number of hydrogen-bond acceptors (Lipinski definition) is 18. The maximum absolute atomic E-state index is 13.0. The Hall–Kier alpha value is -8.55. The number of amides is 6. The number of likely N-dealkylation sites (tertiary alicyclic amines) is 2. The number of rotatable bonds is 8. The number of nitrogens with two attached hydrogens (primary N) is 1. The van der Waals surface area contributed by atoms with Crippen LogP contribution in [0.15, 0.2) is 61.2 Å². The van der Waals surface area contributed by atoms with Crippen LogP contribution in [0.1, 0.15) is 152 Å². The number of carbonyl (C=O) groups excluding carboxylic acids is 6. The van der Waals surface area contributed by atoms with Gasteiger partial charge < -0.3 is 58.7 Å². The second-order valence-electron chi connectivity index (χ2n) is 26.2. The summed E-state index contributed by atoms with van der Waals surface area (Å²) in [6.45, 7) is 13.4. The molecule has 2 saturated carbocycles. The second kappa shape index (κ2) is 25.5. The number of ether oxygens (including phenoxy) is 4. The number of halogens is 1. The van der Waals surface area contributed by atoms with Crippen LogP contribution in [0.4, 0.5) is 48.1 Å². The number of carbonyl (C=O) groups is 6. The van der Waals surface area contributed by atoms with Gasteiger partial charge in [0.05, 0.1) is 49.9 Å². The molecule has 0 aromatic carbocycles. The minimum absolute atomic E-state index is 0.00831. The van der Waals surface area contributed by atoms with E-state index in [-0.39, 0.29) is 35.8 Å². The first-order valence-electron chi connectivity index (χ1n) is 30.4. The molecule has 4 aliphatic heterocycles. The molecule has 0 radical (unpaired) electrons.